The van der Waals surface area contributed by atoms with Gasteiger partial charge in [-0.15, -0.1) is 0 Å². The third-order valence-corrected chi connectivity index (χ3v) is 9.04. The number of phenols is 1. The molecule has 0 aliphatic carbocycles. The van der Waals surface area contributed by atoms with Crippen molar-refractivity contribution in [2.45, 2.75) is 97.9 Å². The van der Waals surface area contributed by atoms with E-state index in [4.69, 9.17) is 25.3 Å². The van der Waals surface area contributed by atoms with Crippen LogP contribution in [0.4, 0.5) is 0 Å². The predicted molar refractivity (Wildman–Crippen MR) is 175 cm³/mol. The number of aliphatic hydroxyl groups is 2. The molecule has 0 aliphatic heterocycles. The molecule has 0 fully saturated rings. The highest BCUT2D eigenvalue weighted by molar-refractivity contribution is 7.80. The van der Waals surface area contributed by atoms with Crippen LogP contribution in [0.5, 0.6) is 5.75 Å². The van der Waals surface area contributed by atoms with Crippen LogP contribution in [-0.2, 0) is 12.8 Å². The molecule has 40 heavy (non-hydrogen) atoms. The minimum Gasteiger partial charge on any atom is -0.507 e. The van der Waals surface area contributed by atoms with E-state index in [9.17, 15) is 15.3 Å². The first kappa shape index (κ1) is 32.6. The summed E-state index contributed by atoms with van der Waals surface area (Å²) in [5.41, 5.74) is 8.11. The Balaban J connectivity index is 2.03. The van der Waals surface area contributed by atoms with Gasteiger partial charge in [0.1, 0.15) is 5.75 Å². The molecular weight excluding hydrogens is 533 g/mol. The smallest absolute Gasteiger partial charge is 0.122 e. The molecule has 3 nitrogen and oxygen atoms in total. The van der Waals surface area contributed by atoms with Gasteiger partial charge in [-0.1, -0.05) is 90.1 Å². The Morgan fingerprint density at radius 3 is 1.25 bits per heavy atom. The monoisotopic (exact) mass is 580 g/mol. The molecule has 3 rings (SSSR count). The second-order valence-electron chi connectivity index (χ2n) is 13.4. The number of benzene rings is 3. The van der Waals surface area contributed by atoms with Crippen molar-refractivity contribution in [1.29, 1.82) is 0 Å². The number of rotatable bonds is 8. The molecule has 4 unspecified atom stereocenters. The minimum absolute atomic E-state index is 0.186. The molecule has 0 aromatic heterocycles. The normalized spacial score (nSPS) is 15.5. The van der Waals surface area contributed by atoms with E-state index in [2.05, 4.69) is 19.1 Å². The first-order valence-electron chi connectivity index (χ1n) is 14.2. The van der Waals surface area contributed by atoms with Gasteiger partial charge in [0.25, 0.3) is 0 Å². The van der Waals surface area contributed by atoms with Crippen LogP contribution in [0.25, 0.3) is 0 Å². The summed E-state index contributed by atoms with van der Waals surface area (Å²) in [4.78, 5) is 0. The van der Waals surface area contributed by atoms with Crippen LogP contribution in [0, 0.1) is 31.6 Å². The number of phenolic OH excluding ortho intramolecular Hbond substituents is 1. The second kappa shape index (κ2) is 12.5. The molecule has 0 amide bonds. The van der Waals surface area contributed by atoms with Gasteiger partial charge in [0.2, 0.25) is 0 Å². The van der Waals surface area contributed by atoms with Crippen molar-refractivity contribution in [3.63, 3.8) is 0 Å². The zero-order chi connectivity index (χ0) is 30.2. The lowest BCUT2D eigenvalue weighted by atomic mass is 9.80. The third kappa shape index (κ3) is 6.92. The Morgan fingerprint density at radius 2 is 0.925 bits per heavy atom. The maximum Gasteiger partial charge on any atom is 0.122 e. The van der Waals surface area contributed by atoms with Crippen LogP contribution >= 0.6 is 25.3 Å². The molecule has 3 aromatic carbocycles. The fraction of sp³-hybridized carbons (Fsp3) is 0.486. The van der Waals surface area contributed by atoms with Crippen LogP contribution in [0.15, 0.2) is 48.5 Å². The molecule has 5 heteroatoms. The van der Waals surface area contributed by atoms with Gasteiger partial charge in [0.05, 0.1) is 12.2 Å². The average molecular weight is 581 g/mol. The summed E-state index contributed by atoms with van der Waals surface area (Å²) < 4.78 is 0. The van der Waals surface area contributed by atoms with Crippen LogP contribution in [-0.4, -0.2) is 15.3 Å². The van der Waals surface area contributed by atoms with Crippen molar-refractivity contribution in [3.8, 4) is 5.75 Å². The molecule has 4 atom stereocenters. The van der Waals surface area contributed by atoms with E-state index < -0.39 is 12.2 Å². The van der Waals surface area contributed by atoms with Crippen LogP contribution in [0.1, 0.15) is 114 Å². The van der Waals surface area contributed by atoms with E-state index in [-0.39, 0.29) is 27.1 Å². The first-order chi connectivity index (χ1) is 18.5. The van der Waals surface area contributed by atoms with E-state index >= 15 is 0 Å². The zero-order valence-corrected chi connectivity index (χ0v) is 27.4. The van der Waals surface area contributed by atoms with Crippen molar-refractivity contribution in [2.75, 3.05) is 0 Å². The second-order valence-corrected chi connectivity index (χ2v) is 14.7. The Kier molecular flexibility index (Phi) is 10.2. The number of hydrogen-bond acceptors (Lipinski definition) is 5. The zero-order valence-electron chi connectivity index (χ0n) is 25.6. The average Bonchev–Trinajstić information content (AvgIpc) is 2.86. The lowest BCUT2D eigenvalue weighted by Gasteiger charge is -2.30. The van der Waals surface area contributed by atoms with E-state index in [1.165, 1.54) is 0 Å². The van der Waals surface area contributed by atoms with E-state index in [1.54, 1.807) is 0 Å². The molecular formula is C35H48O3S2. The topological polar surface area (TPSA) is 60.7 Å². The van der Waals surface area contributed by atoms with Gasteiger partial charge in [0.15, 0.2) is 0 Å². The highest BCUT2D eigenvalue weighted by Gasteiger charge is 2.30. The van der Waals surface area contributed by atoms with Crippen molar-refractivity contribution in [2.24, 2.45) is 10.8 Å². The summed E-state index contributed by atoms with van der Waals surface area (Å²) in [6.07, 6.45) is 0.0411. The van der Waals surface area contributed by atoms with Crippen LogP contribution in [0.2, 0.25) is 0 Å². The molecule has 3 N–H and O–H groups in total. The number of thiol groups is 2. The van der Waals surface area contributed by atoms with Crippen LogP contribution < -0.4 is 0 Å². The van der Waals surface area contributed by atoms with Crippen molar-refractivity contribution in [3.05, 3.63) is 98.6 Å². The summed E-state index contributed by atoms with van der Waals surface area (Å²) >= 11 is 10.2. The first-order valence-corrected chi connectivity index (χ1v) is 15.2. The van der Waals surface area contributed by atoms with Gasteiger partial charge in [-0.25, -0.2) is 0 Å². The van der Waals surface area contributed by atoms with E-state index in [0.717, 1.165) is 50.1 Å². The van der Waals surface area contributed by atoms with Gasteiger partial charge >= 0.3 is 0 Å². The number of hydrogen-bond donors (Lipinski definition) is 5. The van der Waals surface area contributed by atoms with Gasteiger partial charge in [0, 0.05) is 10.5 Å². The fourth-order valence-corrected chi connectivity index (χ4v) is 6.94. The minimum atomic E-state index is -0.598. The highest BCUT2D eigenvalue weighted by atomic mass is 32.1. The molecule has 0 radical (unpaired) electrons. The molecule has 0 spiro atoms. The number of aromatic hydroxyl groups is 1. The van der Waals surface area contributed by atoms with Gasteiger partial charge in [-0.3, -0.25) is 0 Å². The predicted octanol–water partition coefficient (Wildman–Crippen LogP) is 8.90. The molecule has 218 valence electrons. The maximum atomic E-state index is 11.3. The molecule has 3 aromatic rings. The van der Waals surface area contributed by atoms with E-state index in [1.807, 2.05) is 91.8 Å². The molecule has 0 heterocycles. The summed E-state index contributed by atoms with van der Waals surface area (Å²) in [6.45, 7) is 18.2. The SMILES string of the molecule is Cc1c(O)c(C)c(C(S)Cc2ccccc2C(O)C(C)(C)C)c(C)c1C(S)Cc1ccccc1C(O)C(C)(C)C. The van der Waals surface area contributed by atoms with Gasteiger partial charge in [-0.2, -0.15) is 25.3 Å². The van der Waals surface area contributed by atoms with Gasteiger partial charge < -0.3 is 15.3 Å². The summed E-state index contributed by atoms with van der Waals surface area (Å²) in [7, 11) is 0. The quantitative estimate of drug-likeness (QED) is 0.173. The summed E-state index contributed by atoms with van der Waals surface area (Å²) in [5.74, 6) is 0.278. The van der Waals surface area contributed by atoms with Crippen molar-refractivity contribution >= 4 is 25.3 Å². The van der Waals surface area contributed by atoms with Crippen molar-refractivity contribution in [1.82, 2.24) is 0 Å². The Hall–Kier alpha value is -1.92. The Morgan fingerprint density at radius 1 is 0.600 bits per heavy atom. The van der Waals surface area contributed by atoms with Gasteiger partial charge in [-0.05, 0) is 94.5 Å². The maximum absolute atomic E-state index is 11.3. The fourth-order valence-electron chi connectivity index (χ4n) is 5.77. The third-order valence-electron chi connectivity index (χ3n) is 8.16. The largest absolute Gasteiger partial charge is 0.507 e. The summed E-state index contributed by atoms with van der Waals surface area (Å²) in [6, 6.07) is 16.0. The lowest BCUT2D eigenvalue weighted by Crippen LogP contribution is -2.20. The van der Waals surface area contributed by atoms with Crippen molar-refractivity contribution < 1.29 is 15.3 Å². The standard InChI is InChI=1S/C35H48O3S2/c1-20-29(27(39)18-23-14-10-12-16-25(23)32(37)34(4,5)6)21(2)31(36)22(3)30(20)28(40)19-24-15-11-13-17-26(24)33(38)35(7,8)9/h10-17,27-28,32-33,36-40H,18-19H2,1-9H3. The van der Waals surface area contributed by atoms with E-state index in [0.29, 0.717) is 12.8 Å². The highest BCUT2D eigenvalue weighted by Crippen LogP contribution is 2.45. The Labute approximate surface area is 252 Å². The molecule has 0 bridgehead atoms. The molecule has 0 aliphatic rings. The Bertz CT molecular complexity index is 1230. The molecule has 0 saturated carbocycles. The summed E-state index contributed by atoms with van der Waals surface area (Å²) in [5, 5.41) is 33.1. The molecule has 0 saturated heterocycles. The van der Waals surface area contributed by atoms with Crippen LogP contribution in [0.3, 0.4) is 0 Å². The lowest BCUT2D eigenvalue weighted by molar-refractivity contribution is 0.0619. The number of aliphatic hydroxyl groups excluding tert-OH is 2.